The number of hydrogen-bond acceptors (Lipinski definition) is 5. The molecule has 0 aliphatic heterocycles. The van der Waals surface area contributed by atoms with E-state index in [0.29, 0.717) is 27.2 Å². The fraction of sp³-hybridized carbons (Fsp3) is 0.222. The molecule has 1 atom stereocenters. The van der Waals surface area contributed by atoms with Crippen LogP contribution in [0.15, 0.2) is 36.4 Å². The van der Waals surface area contributed by atoms with Crippen molar-refractivity contribution in [3.05, 3.63) is 52.0 Å². The first-order chi connectivity index (χ1) is 12.3. The van der Waals surface area contributed by atoms with Crippen molar-refractivity contribution in [2.75, 3.05) is 19.5 Å². The number of methoxy groups -OCH3 is 2. The number of carbonyl (C=O) groups excluding carboxylic acids is 2. The average molecular weight is 398 g/mol. The monoisotopic (exact) mass is 397 g/mol. The lowest BCUT2D eigenvalue weighted by Crippen LogP contribution is -2.30. The summed E-state index contributed by atoms with van der Waals surface area (Å²) in [5.41, 5.74) is 0.557. The average Bonchev–Trinajstić information content (AvgIpc) is 2.63. The largest absolute Gasteiger partial charge is 0.493 e. The van der Waals surface area contributed by atoms with E-state index in [2.05, 4.69) is 5.32 Å². The molecule has 0 unspecified atom stereocenters. The van der Waals surface area contributed by atoms with E-state index < -0.39 is 18.0 Å². The summed E-state index contributed by atoms with van der Waals surface area (Å²) in [6, 6.07) is 9.22. The van der Waals surface area contributed by atoms with E-state index in [9.17, 15) is 9.59 Å². The minimum atomic E-state index is -1.05. The number of halogens is 2. The van der Waals surface area contributed by atoms with E-state index in [-0.39, 0.29) is 5.56 Å². The first-order valence-corrected chi connectivity index (χ1v) is 8.30. The van der Waals surface area contributed by atoms with Crippen molar-refractivity contribution in [3.8, 4) is 11.5 Å². The van der Waals surface area contributed by atoms with Gasteiger partial charge in [0.25, 0.3) is 5.91 Å². The fourth-order valence-electron chi connectivity index (χ4n) is 2.07. The number of ether oxygens (including phenoxy) is 3. The molecule has 0 aromatic heterocycles. The van der Waals surface area contributed by atoms with Crippen molar-refractivity contribution in [2.45, 2.75) is 13.0 Å². The zero-order valence-corrected chi connectivity index (χ0v) is 15.9. The number of benzene rings is 2. The maximum Gasteiger partial charge on any atom is 0.339 e. The standard InChI is InChI=1S/C18H17Cl2NO5/c1-10(17(22)21-14-9-12(19)5-6-13(14)20)26-18(23)11-4-7-15(24-2)16(8-11)25-3/h4-10H,1-3H3,(H,21,22)/t10-/m1/s1. The summed E-state index contributed by atoms with van der Waals surface area (Å²) in [6.07, 6.45) is -1.05. The third kappa shape index (κ3) is 4.80. The maximum atomic E-state index is 12.3. The van der Waals surface area contributed by atoms with E-state index in [1.54, 1.807) is 18.2 Å². The molecule has 2 aromatic rings. The van der Waals surface area contributed by atoms with E-state index in [1.165, 1.54) is 39.3 Å². The Labute approximate surface area is 160 Å². The van der Waals surface area contributed by atoms with Crippen LogP contribution in [0.5, 0.6) is 11.5 Å². The molecule has 6 nitrogen and oxygen atoms in total. The normalized spacial score (nSPS) is 11.4. The lowest BCUT2D eigenvalue weighted by molar-refractivity contribution is -0.123. The molecule has 0 saturated heterocycles. The van der Waals surface area contributed by atoms with Crippen LogP contribution in [-0.2, 0) is 9.53 Å². The molecule has 0 fully saturated rings. The van der Waals surface area contributed by atoms with Gasteiger partial charge in [-0.25, -0.2) is 4.79 Å². The van der Waals surface area contributed by atoms with Crippen LogP contribution in [0, 0.1) is 0 Å². The van der Waals surface area contributed by atoms with Gasteiger partial charge in [0.15, 0.2) is 17.6 Å². The first-order valence-electron chi connectivity index (χ1n) is 7.54. The van der Waals surface area contributed by atoms with Crippen molar-refractivity contribution < 1.29 is 23.8 Å². The zero-order valence-electron chi connectivity index (χ0n) is 14.3. The molecule has 0 bridgehead atoms. The highest BCUT2D eigenvalue weighted by atomic mass is 35.5. The number of rotatable bonds is 6. The summed E-state index contributed by atoms with van der Waals surface area (Å²) in [5.74, 6) is -0.357. The summed E-state index contributed by atoms with van der Waals surface area (Å²) in [4.78, 5) is 24.5. The number of esters is 1. The van der Waals surface area contributed by atoms with Crippen molar-refractivity contribution in [1.29, 1.82) is 0 Å². The van der Waals surface area contributed by atoms with Crippen LogP contribution in [0.2, 0.25) is 10.0 Å². The molecular weight excluding hydrogens is 381 g/mol. The van der Waals surface area contributed by atoms with Crippen LogP contribution in [0.1, 0.15) is 17.3 Å². The van der Waals surface area contributed by atoms with Gasteiger partial charge in [0.2, 0.25) is 0 Å². The van der Waals surface area contributed by atoms with Crippen molar-refractivity contribution in [2.24, 2.45) is 0 Å². The smallest absolute Gasteiger partial charge is 0.339 e. The maximum absolute atomic E-state index is 12.3. The quantitative estimate of drug-likeness (QED) is 0.739. The Hall–Kier alpha value is -2.44. The summed E-state index contributed by atoms with van der Waals surface area (Å²) in [5, 5.41) is 3.31. The van der Waals surface area contributed by atoms with Gasteiger partial charge in [-0.1, -0.05) is 23.2 Å². The molecule has 138 valence electrons. The van der Waals surface area contributed by atoms with Crippen LogP contribution in [0.4, 0.5) is 5.69 Å². The molecule has 1 amide bonds. The molecule has 0 aliphatic rings. The molecule has 26 heavy (non-hydrogen) atoms. The Balaban J connectivity index is 2.06. The summed E-state index contributed by atoms with van der Waals surface area (Å²) in [7, 11) is 2.95. The summed E-state index contributed by atoms with van der Waals surface area (Å²) < 4.78 is 15.4. The molecule has 2 aromatic carbocycles. The molecular formula is C18H17Cl2NO5. The first kappa shape index (κ1) is 19.9. The Morgan fingerprint density at radius 2 is 1.69 bits per heavy atom. The van der Waals surface area contributed by atoms with E-state index in [1.807, 2.05) is 0 Å². The number of carbonyl (C=O) groups is 2. The fourth-order valence-corrected chi connectivity index (χ4v) is 2.41. The van der Waals surface area contributed by atoms with E-state index in [4.69, 9.17) is 37.4 Å². The van der Waals surface area contributed by atoms with Crippen LogP contribution < -0.4 is 14.8 Å². The zero-order chi connectivity index (χ0) is 19.3. The van der Waals surface area contributed by atoms with E-state index in [0.717, 1.165) is 0 Å². The van der Waals surface area contributed by atoms with Crippen LogP contribution in [0.25, 0.3) is 0 Å². The van der Waals surface area contributed by atoms with Gasteiger partial charge >= 0.3 is 5.97 Å². The van der Waals surface area contributed by atoms with Gasteiger partial charge in [-0.15, -0.1) is 0 Å². The predicted molar refractivity (Wildman–Crippen MR) is 99.5 cm³/mol. The Morgan fingerprint density at radius 3 is 2.35 bits per heavy atom. The second-order valence-electron chi connectivity index (χ2n) is 5.23. The number of hydrogen-bond donors (Lipinski definition) is 1. The SMILES string of the molecule is COc1ccc(C(=O)O[C@H](C)C(=O)Nc2cc(Cl)ccc2Cl)cc1OC. The van der Waals surface area contributed by atoms with Gasteiger partial charge in [-0.3, -0.25) is 4.79 Å². The highest BCUT2D eigenvalue weighted by Gasteiger charge is 2.21. The third-order valence-corrected chi connectivity index (χ3v) is 4.02. The number of amides is 1. The van der Waals surface area contributed by atoms with Gasteiger partial charge < -0.3 is 19.5 Å². The van der Waals surface area contributed by atoms with Crippen LogP contribution in [-0.4, -0.2) is 32.2 Å². The minimum absolute atomic E-state index is 0.225. The molecule has 0 radical (unpaired) electrons. The van der Waals surface area contributed by atoms with Gasteiger partial charge in [-0.05, 0) is 43.3 Å². The molecule has 8 heteroatoms. The van der Waals surface area contributed by atoms with Gasteiger partial charge in [0, 0.05) is 5.02 Å². The lowest BCUT2D eigenvalue weighted by atomic mass is 10.2. The van der Waals surface area contributed by atoms with Crippen molar-refractivity contribution >= 4 is 40.8 Å². The predicted octanol–water partition coefficient (Wildman–Crippen LogP) is 4.19. The molecule has 0 saturated carbocycles. The highest BCUT2D eigenvalue weighted by Crippen LogP contribution is 2.28. The summed E-state index contributed by atoms with van der Waals surface area (Å²) >= 11 is 11.9. The van der Waals surface area contributed by atoms with Gasteiger partial charge in [0.1, 0.15) is 0 Å². The molecule has 0 aliphatic carbocycles. The van der Waals surface area contributed by atoms with Crippen LogP contribution >= 0.6 is 23.2 Å². The highest BCUT2D eigenvalue weighted by molar-refractivity contribution is 6.35. The van der Waals surface area contributed by atoms with E-state index >= 15 is 0 Å². The van der Waals surface area contributed by atoms with Gasteiger partial charge in [0.05, 0.1) is 30.5 Å². The topological polar surface area (TPSA) is 73.9 Å². The van der Waals surface area contributed by atoms with Crippen molar-refractivity contribution in [3.63, 3.8) is 0 Å². The molecule has 0 heterocycles. The minimum Gasteiger partial charge on any atom is -0.493 e. The molecule has 1 N–H and O–H groups in total. The Kier molecular flexibility index (Phi) is 6.71. The second kappa shape index (κ2) is 8.78. The Bertz CT molecular complexity index is 825. The second-order valence-corrected chi connectivity index (χ2v) is 6.07. The lowest BCUT2D eigenvalue weighted by Gasteiger charge is -2.15. The number of anilines is 1. The molecule has 2 rings (SSSR count). The van der Waals surface area contributed by atoms with Gasteiger partial charge in [-0.2, -0.15) is 0 Å². The summed E-state index contributed by atoms with van der Waals surface area (Å²) in [6.45, 7) is 1.45. The third-order valence-electron chi connectivity index (χ3n) is 3.46. The Morgan fingerprint density at radius 1 is 1.00 bits per heavy atom. The van der Waals surface area contributed by atoms with Crippen LogP contribution in [0.3, 0.4) is 0 Å². The molecule has 0 spiro atoms. The number of nitrogens with one attached hydrogen (secondary N) is 1. The van der Waals surface area contributed by atoms with Crippen molar-refractivity contribution in [1.82, 2.24) is 0 Å².